The zero-order valence-corrected chi connectivity index (χ0v) is 14.0. The first kappa shape index (κ1) is 15.5. The van der Waals surface area contributed by atoms with Gasteiger partial charge in [0.15, 0.2) is 0 Å². The summed E-state index contributed by atoms with van der Waals surface area (Å²) < 4.78 is 5.45. The molecule has 0 spiro atoms. The van der Waals surface area contributed by atoms with E-state index in [1.807, 2.05) is 17.2 Å². The molecule has 1 saturated heterocycles. The zero-order chi connectivity index (χ0) is 16.4. The molecule has 1 aromatic carbocycles. The number of amides is 2. The van der Waals surface area contributed by atoms with Gasteiger partial charge in [-0.25, -0.2) is 4.79 Å². The van der Waals surface area contributed by atoms with Gasteiger partial charge in [0.1, 0.15) is 0 Å². The zero-order valence-electron chi connectivity index (χ0n) is 14.0. The molecule has 1 aromatic heterocycles. The number of H-pyrrole nitrogens is 1. The van der Waals surface area contributed by atoms with E-state index in [1.165, 1.54) is 10.9 Å². The molecular formula is C19H25N3O2. The van der Waals surface area contributed by atoms with Gasteiger partial charge in [0.2, 0.25) is 0 Å². The smallest absolute Gasteiger partial charge is 0.317 e. The number of urea groups is 1. The standard InChI is InChI=1S/C19H25N3O2/c23-19(22(16-5-6-16)12-14-8-10-24-13-14)20-9-7-15-11-21-18-4-2-1-3-17(15)18/h1-4,11,14,16,21H,5-10,12-13H2,(H,20,23). The van der Waals surface area contributed by atoms with Crippen LogP contribution < -0.4 is 5.32 Å². The Kier molecular flexibility index (Phi) is 4.43. The number of nitrogens with zero attached hydrogens (tertiary/aromatic N) is 1. The minimum absolute atomic E-state index is 0.0873. The number of rotatable bonds is 6. The van der Waals surface area contributed by atoms with Crippen LogP contribution >= 0.6 is 0 Å². The lowest BCUT2D eigenvalue weighted by molar-refractivity contribution is 0.162. The molecule has 2 amide bonds. The summed E-state index contributed by atoms with van der Waals surface area (Å²) in [7, 11) is 0. The van der Waals surface area contributed by atoms with Crippen molar-refractivity contribution in [3.63, 3.8) is 0 Å². The predicted molar refractivity (Wildman–Crippen MR) is 94.1 cm³/mol. The first-order valence-electron chi connectivity index (χ1n) is 8.98. The van der Waals surface area contributed by atoms with Crippen LogP contribution in [0.3, 0.4) is 0 Å². The van der Waals surface area contributed by atoms with E-state index in [0.717, 1.165) is 51.0 Å². The Morgan fingerprint density at radius 1 is 1.29 bits per heavy atom. The summed E-state index contributed by atoms with van der Waals surface area (Å²) in [5.74, 6) is 0.505. The Morgan fingerprint density at radius 3 is 2.96 bits per heavy atom. The van der Waals surface area contributed by atoms with E-state index in [2.05, 4.69) is 28.5 Å². The summed E-state index contributed by atoms with van der Waals surface area (Å²) in [6, 6.07) is 8.82. The summed E-state index contributed by atoms with van der Waals surface area (Å²) >= 11 is 0. The molecule has 2 N–H and O–H groups in total. The van der Waals surface area contributed by atoms with Crippen LogP contribution in [-0.2, 0) is 11.2 Å². The largest absolute Gasteiger partial charge is 0.381 e. The number of fused-ring (bicyclic) bond motifs is 1. The van der Waals surface area contributed by atoms with Crippen LogP contribution in [0.2, 0.25) is 0 Å². The molecule has 0 radical (unpaired) electrons. The maximum Gasteiger partial charge on any atom is 0.317 e. The predicted octanol–water partition coefficient (Wildman–Crippen LogP) is 2.92. The van der Waals surface area contributed by atoms with Crippen molar-refractivity contribution in [3.05, 3.63) is 36.0 Å². The van der Waals surface area contributed by atoms with Gasteiger partial charge in [0.05, 0.1) is 6.61 Å². The number of carbonyl (C=O) groups is 1. The number of para-hydroxylation sites is 1. The molecule has 1 aliphatic heterocycles. The van der Waals surface area contributed by atoms with Crippen LogP contribution in [0.15, 0.2) is 30.5 Å². The number of aromatic amines is 1. The quantitative estimate of drug-likeness (QED) is 0.857. The molecule has 5 heteroatoms. The summed E-state index contributed by atoms with van der Waals surface area (Å²) in [5.41, 5.74) is 2.41. The SMILES string of the molecule is O=C(NCCc1c[nH]c2ccccc12)N(CC1CCOC1)C1CC1. The van der Waals surface area contributed by atoms with Crippen molar-refractivity contribution in [1.82, 2.24) is 15.2 Å². The second kappa shape index (κ2) is 6.85. The van der Waals surface area contributed by atoms with E-state index in [9.17, 15) is 4.79 Å². The molecule has 2 fully saturated rings. The summed E-state index contributed by atoms with van der Waals surface area (Å²) in [6.07, 6.45) is 6.25. The maximum absolute atomic E-state index is 12.6. The van der Waals surface area contributed by atoms with Crippen molar-refractivity contribution < 1.29 is 9.53 Å². The van der Waals surface area contributed by atoms with Gasteiger partial charge in [-0.15, -0.1) is 0 Å². The van der Waals surface area contributed by atoms with Crippen molar-refractivity contribution in [3.8, 4) is 0 Å². The molecule has 4 rings (SSSR count). The van der Waals surface area contributed by atoms with E-state index in [4.69, 9.17) is 4.74 Å². The third-order valence-electron chi connectivity index (χ3n) is 5.07. The Morgan fingerprint density at radius 2 is 2.17 bits per heavy atom. The first-order chi connectivity index (χ1) is 11.8. The fourth-order valence-corrected chi connectivity index (χ4v) is 3.53. The van der Waals surface area contributed by atoms with Gasteiger partial charge in [-0.05, 0) is 37.3 Å². The van der Waals surface area contributed by atoms with E-state index in [1.54, 1.807) is 0 Å². The van der Waals surface area contributed by atoms with Crippen LogP contribution in [0.5, 0.6) is 0 Å². The maximum atomic E-state index is 12.6. The van der Waals surface area contributed by atoms with Crippen LogP contribution in [0, 0.1) is 5.92 Å². The molecule has 128 valence electrons. The summed E-state index contributed by atoms with van der Waals surface area (Å²) in [6.45, 7) is 3.14. The Balaban J connectivity index is 1.31. The van der Waals surface area contributed by atoms with Crippen LogP contribution in [-0.4, -0.2) is 48.3 Å². The fourth-order valence-electron chi connectivity index (χ4n) is 3.53. The number of nitrogens with one attached hydrogen (secondary N) is 2. The number of hydrogen-bond donors (Lipinski definition) is 2. The molecular weight excluding hydrogens is 302 g/mol. The van der Waals surface area contributed by atoms with Gasteiger partial charge in [-0.3, -0.25) is 0 Å². The highest BCUT2D eigenvalue weighted by Crippen LogP contribution is 2.29. The number of ether oxygens (including phenoxy) is 1. The van der Waals surface area contributed by atoms with Crippen LogP contribution in [0.25, 0.3) is 10.9 Å². The molecule has 2 aliphatic rings. The lowest BCUT2D eigenvalue weighted by atomic mass is 10.1. The fraction of sp³-hybridized carbons (Fsp3) is 0.526. The molecule has 5 nitrogen and oxygen atoms in total. The Bertz CT molecular complexity index is 701. The van der Waals surface area contributed by atoms with Crippen molar-refractivity contribution in [2.45, 2.75) is 31.7 Å². The normalized spacial score (nSPS) is 20.4. The average molecular weight is 327 g/mol. The average Bonchev–Trinajstić information content (AvgIpc) is 3.15. The highest BCUT2D eigenvalue weighted by atomic mass is 16.5. The van der Waals surface area contributed by atoms with Crippen LogP contribution in [0.4, 0.5) is 4.79 Å². The lowest BCUT2D eigenvalue weighted by Gasteiger charge is -2.25. The topological polar surface area (TPSA) is 57.4 Å². The van der Waals surface area contributed by atoms with Gasteiger partial charge >= 0.3 is 6.03 Å². The van der Waals surface area contributed by atoms with E-state index < -0.39 is 0 Å². The van der Waals surface area contributed by atoms with Crippen LogP contribution in [0.1, 0.15) is 24.8 Å². The summed E-state index contributed by atoms with van der Waals surface area (Å²) in [5, 5.41) is 4.36. The molecule has 24 heavy (non-hydrogen) atoms. The third kappa shape index (κ3) is 3.41. The van der Waals surface area contributed by atoms with Crippen molar-refractivity contribution in [2.24, 2.45) is 5.92 Å². The molecule has 2 aromatic rings. The third-order valence-corrected chi connectivity index (χ3v) is 5.07. The van der Waals surface area contributed by atoms with Crippen molar-refractivity contribution >= 4 is 16.9 Å². The Hall–Kier alpha value is -2.01. The minimum Gasteiger partial charge on any atom is -0.381 e. The molecule has 1 atom stereocenters. The highest BCUT2D eigenvalue weighted by Gasteiger charge is 2.34. The van der Waals surface area contributed by atoms with E-state index >= 15 is 0 Å². The molecule has 0 bridgehead atoms. The van der Waals surface area contributed by atoms with Gasteiger partial charge < -0.3 is 19.9 Å². The molecule has 1 saturated carbocycles. The van der Waals surface area contributed by atoms with Crippen molar-refractivity contribution in [1.29, 1.82) is 0 Å². The number of hydrogen-bond acceptors (Lipinski definition) is 2. The van der Waals surface area contributed by atoms with Gasteiger partial charge in [-0.1, -0.05) is 18.2 Å². The first-order valence-corrected chi connectivity index (χ1v) is 8.98. The van der Waals surface area contributed by atoms with E-state index in [-0.39, 0.29) is 6.03 Å². The number of aromatic nitrogens is 1. The lowest BCUT2D eigenvalue weighted by Crippen LogP contribution is -2.44. The second-order valence-electron chi connectivity index (χ2n) is 6.95. The van der Waals surface area contributed by atoms with Gasteiger partial charge in [0.25, 0.3) is 0 Å². The Labute approximate surface area is 142 Å². The van der Waals surface area contributed by atoms with Crippen molar-refractivity contribution in [2.75, 3.05) is 26.3 Å². The molecule has 1 aliphatic carbocycles. The van der Waals surface area contributed by atoms with Gasteiger partial charge in [-0.2, -0.15) is 0 Å². The monoisotopic (exact) mass is 327 g/mol. The van der Waals surface area contributed by atoms with Gasteiger partial charge in [0, 0.05) is 48.8 Å². The number of benzene rings is 1. The molecule has 1 unspecified atom stereocenters. The van der Waals surface area contributed by atoms with E-state index in [0.29, 0.717) is 18.5 Å². The highest BCUT2D eigenvalue weighted by molar-refractivity contribution is 5.83. The summed E-state index contributed by atoms with van der Waals surface area (Å²) in [4.78, 5) is 17.9. The number of carbonyl (C=O) groups excluding carboxylic acids is 1. The second-order valence-corrected chi connectivity index (χ2v) is 6.95. The minimum atomic E-state index is 0.0873. The molecule has 2 heterocycles.